The first-order valence-electron chi connectivity index (χ1n) is 8.79. The Balaban J connectivity index is 1.59. The molecule has 0 unspecified atom stereocenters. The van der Waals surface area contributed by atoms with Gasteiger partial charge in [-0.05, 0) is 42.3 Å². The second-order valence-electron chi connectivity index (χ2n) is 5.97. The van der Waals surface area contributed by atoms with Crippen molar-refractivity contribution in [3.63, 3.8) is 0 Å². The molecular weight excluding hydrogens is 340 g/mol. The number of carbonyl (C=O) groups is 1. The average molecular weight is 362 g/mol. The van der Waals surface area contributed by atoms with Gasteiger partial charge in [0.15, 0.2) is 11.5 Å². The summed E-state index contributed by atoms with van der Waals surface area (Å²) >= 11 is 0. The summed E-state index contributed by atoms with van der Waals surface area (Å²) in [5, 5.41) is 14.1. The second kappa shape index (κ2) is 8.80. The number of hydrogen-bond donors (Lipinski definition) is 2. The number of nitrogens with one attached hydrogen (secondary N) is 2. The molecule has 0 fully saturated rings. The predicted octanol–water partition coefficient (Wildman–Crippen LogP) is 3.72. The minimum Gasteiger partial charge on any atom is -0.496 e. The molecular formula is C21H22N4O2. The van der Waals surface area contributed by atoms with E-state index in [4.69, 9.17) is 4.74 Å². The Kier molecular flexibility index (Phi) is 5.99. The van der Waals surface area contributed by atoms with Gasteiger partial charge in [0, 0.05) is 17.8 Å². The van der Waals surface area contributed by atoms with Crippen molar-refractivity contribution < 1.29 is 9.53 Å². The highest BCUT2D eigenvalue weighted by atomic mass is 16.5. The number of ether oxygens (including phenoxy) is 1. The molecule has 0 bridgehead atoms. The minimum absolute atomic E-state index is 0.261. The van der Waals surface area contributed by atoms with Gasteiger partial charge in [0.25, 0.3) is 5.91 Å². The van der Waals surface area contributed by atoms with Crippen LogP contribution in [-0.2, 0) is 13.0 Å². The van der Waals surface area contributed by atoms with Crippen LogP contribution in [0.5, 0.6) is 5.75 Å². The molecule has 0 saturated carbocycles. The van der Waals surface area contributed by atoms with Gasteiger partial charge in [-0.2, -0.15) is 0 Å². The number of anilines is 2. The van der Waals surface area contributed by atoms with E-state index in [1.165, 1.54) is 5.56 Å². The SMILES string of the molecule is CCc1ccc(Nc2ccc(C(=O)NCc3ccccc3OC)nn2)cc1. The van der Waals surface area contributed by atoms with Crippen LogP contribution >= 0.6 is 0 Å². The third-order valence-electron chi connectivity index (χ3n) is 4.16. The topological polar surface area (TPSA) is 76.1 Å². The number of methoxy groups -OCH3 is 1. The van der Waals surface area contributed by atoms with E-state index >= 15 is 0 Å². The molecule has 3 aromatic rings. The number of carbonyl (C=O) groups excluding carboxylic acids is 1. The lowest BCUT2D eigenvalue weighted by atomic mass is 10.1. The highest BCUT2D eigenvalue weighted by molar-refractivity contribution is 5.92. The first-order valence-corrected chi connectivity index (χ1v) is 8.79. The number of nitrogens with zero attached hydrogens (tertiary/aromatic N) is 2. The van der Waals surface area contributed by atoms with E-state index in [0.29, 0.717) is 12.4 Å². The molecule has 6 heteroatoms. The molecule has 0 aliphatic carbocycles. The molecule has 0 saturated heterocycles. The molecule has 2 N–H and O–H groups in total. The van der Waals surface area contributed by atoms with Crippen molar-refractivity contribution in [3.05, 3.63) is 77.5 Å². The number of aromatic nitrogens is 2. The smallest absolute Gasteiger partial charge is 0.272 e. The van der Waals surface area contributed by atoms with Crippen molar-refractivity contribution in [2.45, 2.75) is 19.9 Å². The van der Waals surface area contributed by atoms with Crippen molar-refractivity contribution >= 4 is 17.4 Å². The Morgan fingerprint density at radius 1 is 1.00 bits per heavy atom. The molecule has 3 rings (SSSR count). The molecule has 138 valence electrons. The Labute approximate surface area is 158 Å². The molecule has 6 nitrogen and oxygen atoms in total. The number of rotatable bonds is 7. The van der Waals surface area contributed by atoms with Crippen molar-refractivity contribution in [3.8, 4) is 5.75 Å². The predicted molar refractivity (Wildman–Crippen MR) is 105 cm³/mol. The molecule has 1 amide bonds. The van der Waals surface area contributed by atoms with Crippen LogP contribution in [0.2, 0.25) is 0 Å². The fraction of sp³-hybridized carbons (Fsp3) is 0.190. The molecule has 0 aliphatic rings. The van der Waals surface area contributed by atoms with Crippen molar-refractivity contribution in [2.75, 3.05) is 12.4 Å². The zero-order chi connectivity index (χ0) is 19.1. The summed E-state index contributed by atoms with van der Waals surface area (Å²) in [4.78, 5) is 12.3. The third kappa shape index (κ3) is 4.82. The van der Waals surface area contributed by atoms with Gasteiger partial charge < -0.3 is 15.4 Å². The maximum absolute atomic E-state index is 12.3. The van der Waals surface area contributed by atoms with E-state index in [2.05, 4.69) is 39.9 Å². The average Bonchev–Trinajstić information content (AvgIpc) is 2.73. The third-order valence-corrected chi connectivity index (χ3v) is 4.16. The fourth-order valence-electron chi connectivity index (χ4n) is 2.61. The summed E-state index contributed by atoms with van der Waals surface area (Å²) < 4.78 is 5.28. The Morgan fingerprint density at radius 3 is 2.44 bits per heavy atom. The van der Waals surface area contributed by atoms with Gasteiger partial charge in [0.2, 0.25) is 0 Å². The summed E-state index contributed by atoms with van der Waals surface area (Å²) in [6.07, 6.45) is 0.999. The fourth-order valence-corrected chi connectivity index (χ4v) is 2.61. The number of para-hydroxylation sites is 1. The van der Waals surface area contributed by atoms with Crippen LogP contribution in [0.1, 0.15) is 28.5 Å². The van der Waals surface area contributed by atoms with Crippen molar-refractivity contribution in [2.24, 2.45) is 0 Å². The zero-order valence-electron chi connectivity index (χ0n) is 15.4. The highest BCUT2D eigenvalue weighted by Gasteiger charge is 2.10. The van der Waals surface area contributed by atoms with Gasteiger partial charge in [0.05, 0.1) is 7.11 Å². The molecule has 0 aliphatic heterocycles. The van der Waals surface area contributed by atoms with Crippen LogP contribution in [0.15, 0.2) is 60.7 Å². The van der Waals surface area contributed by atoms with E-state index in [-0.39, 0.29) is 11.6 Å². The lowest BCUT2D eigenvalue weighted by Crippen LogP contribution is -2.24. The molecule has 27 heavy (non-hydrogen) atoms. The van der Waals surface area contributed by atoms with Gasteiger partial charge in [0.1, 0.15) is 5.75 Å². The van der Waals surface area contributed by atoms with Gasteiger partial charge in [-0.15, -0.1) is 10.2 Å². The Morgan fingerprint density at radius 2 is 1.78 bits per heavy atom. The summed E-state index contributed by atoms with van der Waals surface area (Å²) in [6.45, 7) is 2.47. The number of hydrogen-bond acceptors (Lipinski definition) is 5. The molecule has 1 heterocycles. The largest absolute Gasteiger partial charge is 0.496 e. The summed E-state index contributed by atoms with van der Waals surface area (Å²) in [5.74, 6) is 1.03. The normalized spacial score (nSPS) is 10.3. The monoisotopic (exact) mass is 362 g/mol. The van der Waals surface area contributed by atoms with Crippen LogP contribution in [0.4, 0.5) is 11.5 Å². The van der Waals surface area contributed by atoms with Gasteiger partial charge >= 0.3 is 0 Å². The molecule has 0 atom stereocenters. The van der Waals surface area contributed by atoms with Crippen LogP contribution in [0.3, 0.4) is 0 Å². The molecule has 2 aromatic carbocycles. The minimum atomic E-state index is -0.285. The van der Waals surface area contributed by atoms with E-state index in [0.717, 1.165) is 23.4 Å². The lowest BCUT2D eigenvalue weighted by molar-refractivity contribution is 0.0944. The van der Waals surface area contributed by atoms with Crippen LogP contribution in [-0.4, -0.2) is 23.2 Å². The standard InChI is InChI=1S/C21H22N4O2/c1-3-15-8-10-17(11-9-15)23-20-13-12-18(24-25-20)21(26)22-14-16-6-4-5-7-19(16)27-2/h4-13H,3,14H2,1-2H3,(H,22,26)(H,23,25). The highest BCUT2D eigenvalue weighted by Crippen LogP contribution is 2.17. The van der Waals surface area contributed by atoms with Crippen LogP contribution in [0, 0.1) is 0 Å². The number of aryl methyl sites for hydroxylation is 1. The summed E-state index contributed by atoms with van der Waals surface area (Å²) in [5.41, 5.74) is 3.36. The van der Waals surface area contributed by atoms with E-state index in [9.17, 15) is 4.79 Å². The number of benzene rings is 2. The van der Waals surface area contributed by atoms with Crippen molar-refractivity contribution in [1.29, 1.82) is 0 Å². The van der Waals surface area contributed by atoms with Crippen LogP contribution in [0.25, 0.3) is 0 Å². The maximum Gasteiger partial charge on any atom is 0.272 e. The first-order chi connectivity index (χ1) is 13.2. The Hall–Kier alpha value is -3.41. The van der Waals surface area contributed by atoms with Gasteiger partial charge in [-0.3, -0.25) is 4.79 Å². The van der Waals surface area contributed by atoms with Gasteiger partial charge in [-0.1, -0.05) is 37.3 Å². The molecule has 1 aromatic heterocycles. The number of amides is 1. The Bertz CT molecular complexity index is 893. The van der Waals surface area contributed by atoms with Crippen LogP contribution < -0.4 is 15.4 Å². The maximum atomic E-state index is 12.3. The van der Waals surface area contributed by atoms with Gasteiger partial charge in [-0.25, -0.2) is 0 Å². The molecule has 0 radical (unpaired) electrons. The summed E-state index contributed by atoms with van der Waals surface area (Å²) in [6, 6.07) is 19.0. The van der Waals surface area contributed by atoms with E-state index in [1.54, 1.807) is 19.2 Å². The zero-order valence-corrected chi connectivity index (χ0v) is 15.4. The quantitative estimate of drug-likeness (QED) is 0.670. The van der Waals surface area contributed by atoms with E-state index < -0.39 is 0 Å². The second-order valence-corrected chi connectivity index (χ2v) is 5.97. The summed E-state index contributed by atoms with van der Waals surface area (Å²) in [7, 11) is 1.60. The lowest BCUT2D eigenvalue weighted by Gasteiger charge is -2.09. The first kappa shape index (κ1) is 18.4. The molecule has 0 spiro atoms. The van der Waals surface area contributed by atoms with E-state index in [1.807, 2.05) is 36.4 Å². The van der Waals surface area contributed by atoms with Crippen molar-refractivity contribution in [1.82, 2.24) is 15.5 Å².